The smallest absolute Gasteiger partial charge is 0.352 e. The minimum absolute atomic E-state index is 0.00609. The predicted molar refractivity (Wildman–Crippen MR) is 118 cm³/mol. The van der Waals surface area contributed by atoms with Crippen molar-refractivity contribution in [2.75, 3.05) is 17.3 Å². The third-order valence-corrected chi connectivity index (χ3v) is 10.4. The molecule has 2 amide bonds. The summed E-state index contributed by atoms with van der Waals surface area (Å²) in [5, 5.41) is 13.6. The molecule has 0 spiro atoms. The first-order valence-electron chi connectivity index (χ1n) is 8.58. The fourth-order valence-electron chi connectivity index (χ4n) is 3.03. The van der Waals surface area contributed by atoms with Gasteiger partial charge in [0.1, 0.15) is 17.1 Å². The highest BCUT2D eigenvalue weighted by molar-refractivity contribution is 8.02. The number of fused-ring (bicyclic) bond motifs is 1. The van der Waals surface area contributed by atoms with Crippen molar-refractivity contribution in [3.8, 4) is 0 Å². The summed E-state index contributed by atoms with van der Waals surface area (Å²) in [6.07, 6.45) is 1.72. The molecule has 4 rings (SSSR count). The normalized spacial score (nSPS) is 21.8. The van der Waals surface area contributed by atoms with Gasteiger partial charge < -0.3 is 15.0 Å². The summed E-state index contributed by atoms with van der Waals surface area (Å²) in [5.41, 5.74) is 2.37. The molecular weight excluding hydrogens is 487 g/mol. The van der Waals surface area contributed by atoms with E-state index in [1.807, 2.05) is 0 Å². The summed E-state index contributed by atoms with van der Waals surface area (Å²) >= 11 is 4.20. The molecule has 2 N–H and O–H groups in total. The minimum Gasteiger partial charge on any atom is -0.610 e. The lowest BCUT2D eigenvalue weighted by Crippen LogP contribution is -2.70. The van der Waals surface area contributed by atoms with Crippen molar-refractivity contribution in [3.63, 3.8) is 0 Å². The molecule has 13 heteroatoms. The molecular formula is C17H15N3O5S5. The zero-order chi connectivity index (χ0) is 21.3. The van der Waals surface area contributed by atoms with Crippen molar-refractivity contribution in [2.24, 2.45) is 0 Å². The van der Waals surface area contributed by atoms with E-state index in [1.165, 1.54) is 51.1 Å². The van der Waals surface area contributed by atoms with Crippen LogP contribution in [0.2, 0.25) is 0 Å². The minimum atomic E-state index is -1.47. The molecule has 0 aliphatic carbocycles. The average Bonchev–Trinajstić information content (AvgIpc) is 3.43. The number of thiophene rings is 1. The summed E-state index contributed by atoms with van der Waals surface area (Å²) in [6, 6.07) is 2.64. The Hall–Kier alpha value is -1.51. The molecule has 2 aromatic rings. The van der Waals surface area contributed by atoms with Crippen LogP contribution in [0.3, 0.4) is 0 Å². The van der Waals surface area contributed by atoms with E-state index >= 15 is 0 Å². The number of nitrogens with one attached hydrogen (secondary N) is 1. The second-order valence-electron chi connectivity index (χ2n) is 6.24. The maximum absolute atomic E-state index is 12.7. The van der Waals surface area contributed by atoms with Gasteiger partial charge in [0.25, 0.3) is 11.8 Å². The van der Waals surface area contributed by atoms with Crippen LogP contribution in [-0.2, 0) is 25.6 Å². The van der Waals surface area contributed by atoms with Gasteiger partial charge in [0.15, 0.2) is 5.75 Å². The summed E-state index contributed by atoms with van der Waals surface area (Å²) < 4.78 is 13.8. The number of carbonyl (C=O) groups excluding carboxylic acids is 2. The molecule has 0 radical (unpaired) electrons. The highest BCUT2D eigenvalue weighted by Crippen LogP contribution is 2.41. The summed E-state index contributed by atoms with van der Waals surface area (Å²) in [4.78, 5) is 42.0. The first kappa shape index (κ1) is 21.7. The molecule has 0 bridgehead atoms. The lowest BCUT2D eigenvalue weighted by molar-refractivity contribution is -0.150. The molecule has 0 saturated carbocycles. The van der Waals surface area contributed by atoms with Crippen LogP contribution in [0.5, 0.6) is 0 Å². The van der Waals surface area contributed by atoms with E-state index in [-0.39, 0.29) is 11.4 Å². The van der Waals surface area contributed by atoms with Crippen molar-refractivity contribution in [1.82, 2.24) is 15.2 Å². The second kappa shape index (κ2) is 9.32. The maximum Gasteiger partial charge on any atom is 0.352 e. The summed E-state index contributed by atoms with van der Waals surface area (Å²) in [5.74, 6) is -1.44. The van der Waals surface area contributed by atoms with Crippen LogP contribution in [0, 0.1) is 0 Å². The number of aromatic nitrogens is 1. The molecule has 30 heavy (non-hydrogen) atoms. The largest absolute Gasteiger partial charge is 0.610 e. The van der Waals surface area contributed by atoms with Crippen LogP contribution in [0.15, 0.2) is 48.9 Å². The zero-order valence-corrected chi connectivity index (χ0v) is 19.3. The van der Waals surface area contributed by atoms with Gasteiger partial charge in [-0.3, -0.25) is 19.5 Å². The zero-order valence-electron chi connectivity index (χ0n) is 15.2. The van der Waals surface area contributed by atoms with Crippen LogP contribution in [-0.4, -0.2) is 66.0 Å². The molecule has 2 unspecified atom stereocenters. The molecule has 1 saturated heterocycles. The number of aliphatic carboxylic acids is 1. The quantitative estimate of drug-likeness (QED) is 0.319. The Bertz CT molecular complexity index is 978. The van der Waals surface area contributed by atoms with Crippen LogP contribution < -0.4 is 5.32 Å². The van der Waals surface area contributed by atoms with Crippen LogP contribution in [0.4, 0.5) is 0 Å². The standard InChI is InChI=1S/C17H15N3O5S5/c21-10(7-30(25)12-2-1-3-26-12)19-13-15(22)20-14(17(23)24)9(6-28-16(13)20)5-27-11-4-18-8-29-11/h1-4,8,13,16H,5-7H2,(H,19,21)(H,23,24)/t13?,16-,30?/m0/s1. The first-order chi connectivity index (χ1) is 14.5. The summed E-state index contributed by atoms with van der Waals surface area (Å²) in [6.45, 7) is 0. The van der Waals surface area contributed by atoms with Crippen molar-refractivity contribution in [2.45, 2.75) is 19.8 Å². The molecule has 0 aromatic carbocycles. The van der Waals surface area contributed by atoms with Crippen molar-refractivity contribution >= 4 is 75.2 Å². The highest BCUT2D eigenvalue weighted by Gasteiger charge is 2.54. The van der Waals surface area contributed by atoms with Crippen molar-refractivity contribution in [3.05, 3.63) is 40.5 Å². The second-order valence-corrected chi connectivity index (χ2v) is 12.1. The van der Waals surface area contributed by atoms with Gasteiger partial charge in [-0.2, -0.15) is 0 Å². The highest BCUT2D eigenvalue weighted by atomic mass is 32.2. The van der Waals surface area contributed by atoms with Gasteiger partial charge in [0.05, 0.1) is 15.9 Å². The molecule has 8 nitrogen and oxygen atoms in total. The van der Waals surface area contributed by atoms with E-state index in [9.17, 15) is 24.0 Å². The number of thiazole rings is 1. The van der Waals surface area contributed by atoms with Gasteiger partial charge >= 0.3 is 5.97 Å². The number of nitrogens with zero attached hydrogens (tertiary/aromatic N) is 2. The van der Waals surface area contributed by atoms with Crippen LogP contribution >= 0.6 is 46.2 Å². The number of amides is 2. The molecule has 158 valence electrons. The van der Waals surface area contributed by atoms with E-state index in [4.69, 9.17) is 0 Å². The van der Waals surface area contributed by atoms with Gasteiger partial charge in [0.2, 0.25) is 4.21 Å². The fraction of sp³-hybridized carbons (Fsp3) is 0.294. The van der Waals surface area contributed by atoms with Gasteiger partial charge in [-0.1, -0.05) is 11.3 Å². The number of rotatable bonds is 8. The Morgan fingerprint density at radius 3 is 2.93 bits per heavy atom. The Kier molecular flexibility index (Phi) is 6.75. The lowest BCUT2D eigenvalue weighted by atomic mass is 10.0. The SMILES string of the molecule is O=C(C[S+]([O-])c1cccs1)NC1C(=O)N2C(C(=O)O)=C(CSc3cncs3)CS[C@@H]12. The Morgan fingerprint density at radius 1 is 1.43 bits per heavy atom. The third-order valence-electron chi connectivity index (χ3n) is 4.35. The van der Waals surface area contributed by atoms with Gasteiger partial charge in [-0.05, 0) is 17.0 Å². The monoisotopic (exact) mass is 501 g/mol. The number of hydrogen-bond donors (Lipinski definition) is 2. The van der Waals surface area contributed by atoms with Gasteiger partial charge in [0, 0.05) is 28.7 Å². The number of carboxylic acid groups (broad SMARTS) is 1. The number of β-lactam (4-membered cyclic amide) rings is 1. The molecule has 2 aliphatic rings. The van der Waals surface area contributed by atoms with Gasteiger partial charge in [-0.25, -0.2) is 4.79 Å². The predicted octanol–water partition coefficient (Wildman–Crippen LogP) is 1.84. The van der Waals surface area contributed by atoms with E-state index in [0.717, 1.165) is 4.21 Å². The Balaban J connectivity index is 1.40. The van der Waals surface area contributed by atoms with Gasteiger partial charge in [-0.15, -0.1) is 34.9 Å². The van der Waals surface area contributed by atoms with E-state index in [1.54, 1.807) is 29.2 Å². The third kappa shape index (κ3) is 4.41. The molecule has 1 fully saturated rings. The Morgan fingerprint density at radius 2 is 2.27 bits per heavy atom. The van der Waals surface area contributed by atoms with Crippen LogP contribution in [0.1, 0.15) is 0 Å². The first-order valence-corrected chi connectivity index (χ1v) is 13.7. The fourth-order valence-corrected chi connectivity index (χ4v) is 8.03. The number of carboxylic acids is 1. The average molecular weight is 502 g/mol. The molecule has 2 aromatic heterocycles. The van der Waals surface area contributed by atoms with E-state index in [0.29, 0.717) is 21.3 Å². The van der Waals surface area contributed by atoms with Crippen LogP contribution in [0.25, 0.3) is 0 Å². The topological polar surface area (TPSA) is 123 Å². The van der Waals surface area contributed by atoms with Crippen molar-refractivity contribution in [1.29, 1.82) is 0 Å². The molecule has 4 heterocycles. The van der Waals surface area contributed by atoms with Crippen molar-refractivity contribution < 1.29 is 24.0 Å². The number of thioether (sulfide) groups is 2. The molecule has 3 atom stereocenters. The Labute approximate surface area is 191 Å². The van der Waals surface area contributed by atoms with E-state index in [2.05, 4.69) is 10.3 Å². The number of hydrogen-bond acceptors (Lipinski definition) is 9. The number of carbonyl (C=O) groups is 3. The van der Waals surface area contributed by atoms with E-state index < -0.39 is 40.4 Å². The molecule has 2 aliphatic heterocycles. The summed E-state index contributed by atoms with van der Waals surface area (Å²) in [7, 11) is 0. The lowest BCUT2D eigenvalue weighted by Gasteiger charge is -2.49. The maximum atomic E-state index is 12.7.